The van der Waals surface area contributed by atoms with Crippen LogP contribution in [0.4, 0.5) is 0 Å². The third kappa shape index (κ3) is 5.53. The number of ketones is 1. The fourth-order valence-electron chi connectivity index (χ4n) is 7.35. The molecule has 1 aromatic carbocycles. The van der Waals surface area contributed by atoms with Gasteiger partial charge in [-0.05, 0) is 53.6 Å². The largest absolute Gasteiger partial charge is 0.389 e. The van der Waals surface area contributed by atoms with Crippen LogP contribution in [0, 0.1) is 28.6 Å². The zero-order valence-corrected chi connectivity index (χ0v) is 24.8. The molecule has 3 fully saturated rings. The van der Waals surface area contributed by atoms with Crippen molar-refractivity contribution in [2.75, 3.05) is 13.2 Å². The lowest BCUT2D eigenvalue weighted by molar-refractivity contribution is -0.144. The van der Waals surface area contributed by atoms with Crippen LogP contribution in [0.15, 0.2) is 30.3 Å². The molecule has 1 saturated heterocycles. The average Bonchev–Trinajstić information content (AvgIpc) is 3.32. The lowest BCUT2D eigenvalue weighted by Crippen LogP contribution is -2.60. The van der Waals surface area contributed by atoms with Gasteiger partial charge < -0.3 is 25.6 Å². The Labute approximate surface area is 241 Å². The van der Waals surface area contributed by atoms with Crippen LogP contribution in [-0.2, 0) is 14.4 Å². The molecule has 9 nitrogen and oxygen atoms in total. The summed E-state index contributed by atoms with van der Waals surface area (Å²) in [6.07, 6.45) is 4.77. The number of fused-ring (bicyclic) bond motifs is 2. The van der Waals surface area contributed by atoms with Gasteiger partial charge in [0.15, 0.2) is 5.78 Å². The highest BCUT2D eigenvalue weighted by atomic mass is 16.3. The zero-order valence-electron chi connectivity index (χ0n) is 24.8. The topological polar surface area (TPSA) is 132 Å². The van der Waals surface area contributed by atoms with Gasteiger partial charge >= 0.3 is 0 Å². The van der Waals surface area contributed by atoms with Crippen LogP contribution in [0.3, 0.4) is 0 Å². The molecule has 1 aliphatic heterocycles. The van der Waals surface area contributed by atoms with Gasteiger partial charge in [0.1, 0.15) is 24.4 Å². The fraction of sp³-hybridized carbons (Fsp3) is 0.625. The molecule has 2 heterocycles. The number of para-hydroxylation sites is 1. The lowest BCUT2D eigenvalue weighted by atomic mass is 9.82. The summed E-state index contributed by atoms with van der Waals surface area (Å²) in [5.74, 6) is -1.28. The Morgan fingerprint density at radius 1 is 1.07 bits per heavy atom. The molecular weight excluding hydrogens is 520 g/mol. The van der Waals surface area contributed by atoms with Crippen LogP contribution in [0.2, 0.25) is 0 Å². The number of likely N-dealkylation sites (tertiary alicyclic amines) is 1. The third-order valence-corrected chi connectivity index (χ3v) is 9.84. The number of H-pyrrole nitrogens is 1. The van der Waals surface area contributed by atoms with Crippen LogP contribution in [0.25, 0.3) is 10.9 Å². The van der Waals surface area contributed by atoms with Crippen molar-refractivity contribution in [2.24, 2.45) is 28.6 Å². The van der Waals surface area contributed by atoms with Crippen molar-refractivity contribution < 1.29 is 24.3 Å². The summed E-state index contributed by atoms with van der Waals surface area (Å²) < 4.78 is 0. The van der Waals surface area contributed by atoms with Crippen molar-refractivity contribution in [1.29, 1.82) is 0 Å². The van der Waals surface area contributed by atoms with E-state index in [1.54, 1.807) is 11.0 Å². The van der Waals surface area contributed by atoms with Gasteiger partial charge in [0.2, 0.25) is 11.8 Å². The zero-order chi connectivity index (χ0) is 29.7. The van der Waals surface area contributed by atoms with Gasteiger partial charge in [0.25, 0.3) is 5.91 Å². The van der Waals surface area contributed by atoms with E-state index in [2.05, 4.69) is 29.5 Å². The van der Waals surface area contributed by atoms with E-state index in [1.165, 1.54) is 0 Å². The molecule has 3 aliphatic rings. The molecule has 5 atom stereocenters. The number of hydrogen-bond acceptors (Lipinski definition) is 5. The summed E-state index contributed by atoms with van der Waals surface area (Å²) in [7, 11) is 0. The SMILES string of the molecule is CC(C)(C)[C@H](NC(=O)[C@@H]1[C@@H]2[C@H](CN1C(=O)[C@@H](NC(=O)c1cc3ccccc3[nH]1)C1CCCCC1)C2(C)C)C(=O)CO. The number of amides is 3. The minimum atomic E-state index is -0.881. The Morgan fingerprint density at radius 2 is 1.76 bits per heavy atom. The summed E-state index contributed by atoms with van der Waals surface area (Å²) in [4.78, 5) is 59.1. The molecule has 41 heavy (non-hydrogen) atoms. The lowest BCUT2D eigenvalue weighted by Gasteiger charge is -2.38. The second-order valence-electron chi connectivity index (χ2n) is 13.9. The first-order valence-corrected chi connectivity index (χ1v) is 15.0. The first kappa shape index (κ1) is 29.3. The number of hydrogen-bond donors (Lipinski definition) is 4. The summed E-state index contributed by atoms with van der Waals surface area (Å²) in [5.41, 5.74) is 0.530. The van der Waals surface area contributed by atoms with Crippen molar-refractivity contribution in [2.45, 2.75) is 84.8 Å². The van der Waals surface area contributed by atoms with Crippen molar-refractivity contribution in [3.63, 3.8) is 0 Å². The average molecular weight is 565 g/mol. The van der Waals surface area contributed by atoms with Crippen molar-refractivity contribution in [3.8, 4) is 0 Å². The second-order valence-corrected chi connectivity index (χ2v) is 13.9. The molecule has 2 aromatic rings. The van der Waals surface area contributed by atoms with Crippen LogP contribution in [0.1, 0.15) is 77.2 Å². The predicted octanol–water partition coefficient (Wildman–Crippen LogP) is 3.42. The van der Waals surface area contributed by atoms with Gasteiger partial charge in [-0.1, -0.05) is 72.1 Å². The normalized spacial score (nSPS) is 25.3. The number of benzene rings is 1. The number of carbonyl (C=O) groups excluding carboxylic acids is 4. The van der Waals surface area contributed by atoms with Crippen molar-refractivity contribution >= 4 is 34.4 Å². The van der Waals surface area contributed by atoms with Gasteiger partial charge in [-0.3, -0.25) is 19.2 Å². The molecule has 3 amide bonds. The molecule has 4 N–H and O–H groups in total. The molecule has 2 saturated carbocycles. The molecule has 9 heteroatoms. The number of aromatic amines is 1. The van der Waals surface area contributed by atoms with E-state index in [0.717, 1.165) is 43.0 Å². The van der Waals surface area contributed by atoms with Gasteiger partial charge in [-0.2, -0.15) is 0 Å². The summed E-state index contributed by atoms with van der Waals surface area (Å²) in [6, 6.07) is 7.08. The van der Waals surface area contributed by atoms with Crippen LogP contribution in [0.5, 0.6) is 0 Å². The van der Waals surface area contributed by atoms with E-state index in [9.17, 15) is 24.3 Å². The highest BCUT2D eigenvalue weighted by Crippen LogP contribution is 2.65. The Bertz CT molecular complexity index is 1300. The number of carbonyl (C=O) groups is 4. The molecular formula is C32H44N4O5. The Hall–Kier alpha value is -3.20. The minimum absolute atomic E-state index is 0.0171. The predicted molar refractivity (Wildman–Crippen MR) is 156 cm³/mol. The van der Waals surface area contributed by atoms with E-state index in [0.29, 0.717) is 12.2 Å². The van der Waals surface area contributed by atoms with E-state index in [-0.39, 0.29) is 40.9 Å². The summed E-state index contributed by atoms with van der Waals surface area (Å²) in [5, 5.41) is 16.4. The van der Waals surface area contributed by atoms with Gasteiger partial charge in [0, 0.05) is 17.4 Å². The third-order valence-electron chi connectivity index (χ3n) is 9.84. The standard InChI is InChI=1S/C32H44N4O5/c1-31(2,3)27(23(38)17-37)35-29(40)26-24-20(32(24,4)5)16-36(26)30(41)25(18-11-7-6-8-12-18)34-28(39)22-15-19-13-9-10-14-21(19)33-22/h9-10,13-15,18,20,24-27,33,37H,6-8,11-12,16-17H2,1-5H3,(H,34,39)(H,35,40)/t20-,24-,25-,26-,27+/m0/s1. The number of aromatic nitrogens is 1. The monoisotopic (exact) mass is 564 g/mol. The molecule has 0 spiro atoms. The number of aliphatic hydroxyl groups is 1. The molecule has 0 bridgehead atoms. The fourth-order valence-corrected chi connectivity index (χ4v) is 7.35. The van der Waals surface area contributed by atoms with Crippen LogP contribution in [-0.4, -0.2) is 69.8 Å². The highest BCUT2D eigenvalue weighted by molar-refractivity contribution is 6.01. The van der Waals surface area contributed by atoms with Crippen LogP contribution < -0.4 is 10.6 Å². The van der Waals surface area contributed by atoms with Crippen LogP contribution >= 0.6 is 0 Å². The van der Waals surface area contributed by atoms with Gasteiger partial charge in [0.05, 0.1) is 6.04 Å². The smallest absolute Gasteiger partial charge is 0.268 e. The summed E-state index contributed by atoms with van der Waals surface area (Å²) in [6.45, 7) is 9.51. The number of nitrogens with zero attached hydrogens (tertiary/aromatic N) is 1. The van der Waals surface area contributed by atoms with E-state index < -0.39 is 35.9 Å². The molecule has 222 valence electrons. The van der Waals surface area contributed by atoms with Gasteiger partial charge in [-0.15, -0.1) is 0 Å². The second kappa shape index (κ2) is 10.9. The Kier molecular flexibility index (Phi) is 7.78. The molecule has 0 unspecified atom stereocenters. The number of rotatable bonds is 8. The minimum Gasteiger partial charge on any atom is -0.389 e. The maximum Gasteiger partial charge on any atom is 0.268 e. The number of Topliss-reactive ketones (excluding diaryl/α,β-unsaturated/α-hetero) is 1. The molecule has 0 radical (unpaired) electrons. The van der Waals surface area contributed by atoms with Crippen molar-refractivity contribution in [3.05, 3.63) is 36.0 Å². The molecule has 2 aliphatic carbocycles. The first-order valence-electron chi connectivity index (χ1n) is 15.0. The van der Waals surface area contributed by atoms with E-state index >= 15 is 0 Å². The summed E-state index contributed by atoms with van der Waals surface area (Å²) >= 11 is 0. The number of aliphatic hydroxyl groups excluding tert-OH is 1. The Balaban J connectivity index is 1.41. The molecule has 1 aromatic heterocycles. The van der Waals surface area contributed by atoms with E-state index in [4.69, 9.17) is 0 Å². The highest BCUT2D eigenvalue weighted by Gasteiger charge is 2.69. The maximum absolute atomic E-state index is 14.4. The van der Waals surface area contributed by atoms with Gasteiger partial charge in [-0.25, -0.2) is 0 Å². The number of piperidine rings is 1. The van der Waals surface area contributed by atoms with Crippen molar-refractivity contribution in [1.82, 2.24) is 20.5 Å². The molecule has 5 rings (SSSR count). The maximum atomic E-state index is 14.4. The number of nitrogens with one attached hydrogen (secondary N) is 3. The Morgan fingerprint density at radius 3 is 2.39 bits per heavy atom. The quantitative estimate of drug-likeness (QED) is 0.390. The first-order chi connectivity index (χ1) is 19.3. The van der Waals surface area contributed by atoms with E-state index in [1.807, 2.05) is 45.0 Å².